The monoisotopic (exact) mass is 325 g/mol. The number of carbonyl (C=O) groups is 1. The molecular formula is C19H16FNOS. The van der Waals surface area contributed by atoms with Crippen molar-refractivity contribution < 1.29 is 9.18 Å². The number of hydrogen-bond acceptors (Lipinski definition) is 2. The fourth-order valence-electron chi connectivity index (χ4n) is 3.21. The van der Waals surface area contributed by atoms with Gasteiger partial charge in [-0.25, -0.2) is 4.39 Å². The van der Waals surface area contributed by atoms with Gasteiger partial charge in [0.2, 0.25) is 0 Å². The van der Waals surface area contributed by atoms with E-state index in [1.165, 1.54) is 22.5 Å². The number of fused-ring (bicyclic) bond motifs is 2. The van der Waals surface area contributed by atoms with Gasteiger partial charge in [-0.05, 0) is 37.5 Å². The van der Waals surface area contributed by atoms with Crippen LogP contribution in [0.2, 0.25) is 0 Å². The summed E-state index contributed by atoms with van der Waals surface area (Å²) in [7, 11) is 0. The molecule has 3 aromatic rings. The van der Waals surface area contributed by atoms with Crippen molar-refractivity contribution in [3.8, 4) is 0 Å². The van der Waals surface area contributed by atoms with Gasteiger partial charge in [0.15, 0.2) is 5.82 Å². The van der Waals surface area contributed by atoms with Gasteiger partial charge >= 0.3 is 0 Å². The largest absolute Gasteiger partial charge is 0.307 e. The van der Waals surface area contributed by atoms with Gasteiger partial charge in [0, 0.05) is 22.3 Å². The van der Waals surface area contributed by atoms with Crippen LogP contribution in [0, 0.1) is 12.7 Å². The van der Waals surface area contributed by atoms with E-state index in [2.05, 4.69) is 6.07 Å². The standard InChI is InChI=1S/C19H16FNOS/c1-12-8-9-15-13(11-12)5-4-10-21(15)19(22)18-17(20)14-6-2-3-7-16(14)23-18/h2-3,6-9,11H,4-5,10H2,1H3. The van der Waals surface area contributed by atoms with E-state index < -0.39 is 5.82 Å². The third-order valence-electron chi connectivity index (χ3n) is 4.33. The van der Waals surface area contributed by atoms with Crippen LogP contribution in [0.5, 0.6) is 0 Å². The minimum atomic E-state index is -0.394. The molecule has 0 saturated carbocycles. The second kappa shape index (κ2) is 5.46. The van der Waals surface area contributed by atoms with Crippen molar-refractivity contribution in [2.24, 2.45) is 0 Å². The Kier molecular flexibility index (Phi) is 3.42. The van der Waals surface area contributed by atoms with Gasteiger partial charge in [0.05, 0.1) is 0 Å². The van der Waals surface area contributed by atoms with Gasteiger partial charge in [0.25, 0.3) is 5.91 Å². The zero-order valence-corrected chi connectivity index (χ0v) is 13.6. The molecule has 0 unspecified atom stereocenters. The fourth-order valence-corrected chi connectivity index (χ4v) is 4.24. The minimum Gasteiger partial charge on any atom is -0.307 e. The Bertz CT molecular complexity index is 915. The van der Waals surface area contributed by atoms with E-state index in [4.69, 9.17) is 0 Å². The van der Waals surface area contributed by atoms with Crippen LogP contribution in [-0.4, -0.2) is 12.5 Å². The topological polar surface area (TPSA) is 20.3 Å². The highest BCUT2D eigenvalue weighted by molar-refractivity contribution is 7.21. The molecule has 1 amide bonds. The maximum absolute atomic E-state index is 14.6. The van der Waals surface area contributed by atoms with Gasteiger partial charge in [-0.1, -0.05) is 35.9 Å². The quantitative estimate of drug-likeness (QED) is 0.620. The molecule has 1 aliphatic heterocycles. The Labute approximate surface area is 138 Å². The lowest BCUT2D eigenvalue weighted by Gasteiger charge is -2.29. The summed E-state index contributed by atoms with van der Waals surface area (Å²) < 4.78 is 15.5. The first-order chi connectivity index (χ1) is 11.1. The summed E-state index contributed by atoms with van der Waals surface area (Å²) in [5.74, 6) is -0.622. The van der Waals surface area contributed by atoms with Gasteiger partial charge in [0.1, 0.15) is 4.88 Å². The molecule has 0 N–H and O–H groups in total. The van der Waals surface area contributed by atoms with Crippen molar-refractivity contribution in [2.75, 3.05) is 11.4 Å². The Balaban J connectivity index is 1.79. The first-order valence-electron chi connectivity index (χ1n) is 7.73. The maximum atomic E-state index is 14.6. The molecule has 4 rings (SSSR count). The lowest BCUT2D eigenvalue weighted by atomic mass is 9.99. The molecule has 0 fully saturated rings. The maximum Gasteiger partial charge on any atom is 0.271 e. The first kappa shape index (κ1) is 14.4. The number of rotatable bonds is 1. The number of aryl methyl sites for hydroxylation is 2. The number of halogens is 1. The van der Waals surface area contributed by atoms with Crippen LogP contribution >= 0.6 is 11.3 Å². The average Bonchev–Trinajstić information content (AvgIpc) is 2.91. The van der Waals surface area contributed by atoms with Crippen LogP contribution in [0.25, 0.3) is 10.1 Å². The molecule has 2 aromatic carbocycles. The Morgan fingerprint density at radius 3 is 2.87 bits per heavy atom. The molecule has 0 atom stereocenters. The number of thiophene rings is 1. The Morgan fingerprint density at radius 2 is 2.04 bits per heavy atom. The zero-order valence-electron chi connectivity index (χ0n) is 12.8. The summed E-state index contributed by atoms with van der Waals surface area (Å²) in [6.07, 6.45) is 1.88. The summed E-state index contributed by atoms with van der Waals surface area (Å²) >= 11 is 1.24. The second-order valence-electron chi connectivity index (χ2n) is 5.93. The molecule has 0 aliphatic carbocycles. The summed E-state index contributed by atoms with van der Waals surface area (Å²) in [5.41, 5.74) is 3.28. The summed E-state index contributed by atoms with van der Waals surface area (Å²) in [5, 5.41) is 0.530. The third kappa shape index (κ3) is 2.34. The highest BCUT2D eigenvalue weighted by Crippen LogP contribution is 2.34. The molecule has 0 bridgehead atoms. The second-order valence-corrected chi connectivity index (χ2v) is 6.99. The van der Waals surface area contributed by atoms with E-state index in [0.717, 1.165) is 23.2 Å². The SMILES string of the molecule is Cc1ccc2c(c1)CCCN2C(=O)c1sc2ccccc2c1F. The van der Waals surface area contributed by atoms with Crippen molar-refractivity contribution >= 4 is 33.0 Å². The van der Waals surface area contributed by atoms with Crippen LogP contribution < -0.4 is 4.90 Å². The number of nitrogens with zero attached hydrogens (tertiary/aromatic N) is 1. The zero-order chi connectivity index (χ0) is 16.0. The number of amides is 1. The van der Waals surface area contributed by atoms with E-state index in [-0.39, 0.29) is 10.8 Å². The Morgan fingerprint density at radius 1 is 1.22 bits per heavy atom. The number of carbonyl (C=O) groups excluding carboxylic acids is 1. The molecule has 1 aromatic heterocycles. The van der Waals surface area contributed by atoms with Crippen molar-refractivity contribution in [1.29, 1.82) is 0 Å². The predicted octanol–water partition coefficient (Wildman–Crippen LogP) is 4.94. The molecular weight excluding hydrogens is 309 g/mol. The van der Waals surface area contributed by atoms with Crippen molar-refractivity contribution in [3.63, 3.8) is 0 Å². The molecule has 2 heterocycles. The number of anilines is 1. The van der Waals surface area contributed by atoms with Crippen molar-refractivity contribution in [2.45, 2.75) is 19.8 Å². The molecule has 0 saturated heterocycles. The molecule has 116 valence electrons. The van der Waals surface area contributed by atoms with Gasteiger partial charge < -0.3 is 4.90 Å². The minimum absolute atomic E-state index is 0.208. The number of benzene rings is 2. The van der Waals surface area contributed by atoms with Crippen LogP contribution in [0.15, 0.2) is 42.5 Å². The fraction of sp³-hybridized carbons (Fsp3) is 0.211. The van der Waals surface area contributed by atoms with Crippen molar-refractivity contribution in [3.05, 3.63) is 64.3 Å². The van der Waals surface area contributed by atoms with Crippen LogP contribution in [0.3, 0.4) is 0 Å². The molecule has 4 heteroatoms. The predicted molar refractivity (Wildman–Crippen MR) is 93.0 cm³/mol. The van der Waals surface area contributed by atoms with Crippen LogP contribution in [0.1, 0.15) is 27.2 Å². The molecule has 23 heavy (non-hydrogen) atoms. The average molecular weight is 325 g/mol. The van der Waals surface area contributed by atoms with Crippen LogP contribution in [0.4, 0.5) is 10.1 Å². The van der Waals surface area contributed by atoms with Gasteiger partial charge in [-0.3, -0.25) is 4.79 Å². The van der Waals surface area contributed by atoms with E-state index in [1.807, 2.05) is 31.2 Å². The van der Waals surface area contributed by atoms with E-state index >= 15 is 0 Å². The highest BCUT2D eigenvalue weighted by atomic mass is 32.1. The van der Waals surface area contributed by atoms with Gasteiger partial charge in [-0.2, -0.15) is 0 Å². The number of hydrogen-bond donors (Lipinski definition) is 0. The highest BCUT2D eigenvalue weighted by Gasteiger charge is 2.27. The van der Waals surface area contributed by atoms with E-state index in [0.29, 0.717) is 11.9 Å². The van der Waals surface area contributed by atoms with Crippen molar-refractivity contribution in [1.82, 2.24) is 0 Å². The summed E-state index contributed by atoms with van der Waals surface area (Å²) in [6, 6.07) is 13.4. The Hall–Kier alpha value is -2.20. The first-order valence-corrected chi connectivity index (χ1v) is 8.55. The summed E-state index contributed by atoms with van der Waals surface area (Å²) in [4.78, 5) is 14.9. The summed E-state index contributed by atoms with van der Waals surface area (Å²) in [6.45, 7) is 2.69. The normalized spacial score (nSPS) is 14.1. The molecule has 0 radical (unpaired) electrons. The lowest BCUT2D eigenvalue weighted by molar-refractivity contribution is 0.0985. The van der Waals surface area contributed by atoms with E-state index in [1.54, 1.807) is 17.0 Å². The smallest absolute Gasteiger partial charge is 0.271 e. The van der Waals surface area contributed by atoms with Gasteiger partial charge in [-0.15, -0.1) is 11.3 Å². The molecule has 1 aliphatic rings. The molecule has 2 nitrogen and oxygen atoms in total. The lowest BCUT2D eigenvalue weighted by Crippen LogP contribution is -2.35. The third-order valence-corrected chi connectivity index (χ3v) is 5.46. The van der Waals surface area contributed by atoms with Crippen LogP contribution in [-0.2, 0) is 6.42 Å². The molecule has 0 spiro atoms. The van der Waals surface area contributed by atoms with E-state index in [9.17, 15) is 9.18 Å².